The summed E-state index contributed by atoms with van der Waals surface area (Å²) < 4.78 is 1.69. The molecule has 5 heteroatoms. The van der Waals surface area contributed by atoms with Gasteiger partial charge in [-0.1, -0.05) is 30.7 Å². The number of fused-ring (bicyclic) bond motifs is 3. The Kier molecular flexibility index (Phi) is 3.74. The zero-order chi connectivity index (χ0) is 16.0. The molecule has 3 aromatic rings. The van der Waals surface area contributed by atoms with Crippen LogP contribution in [0.3, 0.4) is 0 Å². The quantitative estimate of drug-likeness (QED) is 0.695. The molecule has 0 N–H and O–H groups in total. The van der Waals surface area contributed by atoms with Crippen LogP contribution in [0.5, 0.6) is 0 Å². The average Bonchev–Trinajstić information content (AvgIpc) is 2.88. The van der Waals surface area contributed by atoms with E-state index in [0.29, 0.717) is 17.5 Å². The number of aromatic nitrogens is 2. The summed E-state index contributed by atoms with van der Waals surface area (Å²) >= 11 is 7.73. The van der Waals surface area contributed by atoms with Crippen molar-refractivity contribution in [2.45, 2.75) is 32.7 Å². The molecular weight excluding hydrogens is 328 g/mol. The minimum absolute atomic E-state index is 0.0713. The van der Waals surface area contributed by atoms with E-state index < -0.39 is 0 Å². The van der Waals surface area contributed by atoms with Gasteiger partial charge in [0.25, 0.3) is 5.56 Å². The largest absolute Gasteiger partial charge is 0.294 e. The first kappa shape index (κ1) is 14.9. The number of benzene rings is 1. The van der Waals surface area contributed by atoms with E-state index in [2.05, 4.69) is 11.9 Å². The first-order chi connectivity index (χ1) is 11.1. The molecule has 0 amide bonds. The lowest BCUT2D eigenvalue weighted by atomic mass is 9.89. The molecule has 118 valence electrons. The first-order valence-electron chi connectivity index (χ1n) is 7.86. The zero-order valence-corrected chi connectivity index (χ0v) is 14.5. The summed E-state index contributed by atoms with van der Waals surface area (Å²) in [7, 11) is 0. The lowest BCUT2D eigenvalue weighted by Crippen LogP contribution is -2.22. The molecule has 0 spiro atoms. The predicted octanol–water partition coefficient (Wildman–Crippen LogP) is 4.28. The van der Waals surface area contributed by atoms with Gasteiger partial charge in [0, 0.05) is 9.90 Å². The summed E-state index contributed by atoms with van der Waals surface area (Å²) in [5.74, 6) is 0.698. The Morgan fingerprint density at radius 3 is 3.13 bits per heavy atom. The van der Waals surface area contributed by atoms with Gasteiger partial charge in [-0.25, -0.2) is 4.98 Å². The van der Waals surface area contributed by atoms with E-state index in [1.54, 1.807) is 22.2 Å². The van der Waals surface area contributed by atoms with Gasteiger partial charge in [-0.3, -0.25) is 9.36 Å². The first-order valence-corrected chi connectivity index (χ1v) is 9.05. The van der Waals surface area contributed by atoms with E-state index in [9.17, 15) is 4.79 Å². The molecule has 0 radical (unpaired) electrons. The van der Waals surface area contributed by atoms with Crippen LogP contribution in [0.1, 0.15) is 29.3 Å². The Labute approximate surface area is 143 Å². The van der Waals surface area contributed by atoms with Crippen LogP contribution >= 0.6 is 22.9 Å². The molecule has 0 aliphatic heterocycles. The smallest absolute Gasteiger partial charge is 0.262 e. The molecule has 4 rings (SSSR count). The molecule has 1 aromatic carbocycles. The molecule has 3 nitrogen and oxygen atoms in total. The molecule has 0 unspecified atom stereocenters. The zero-order valence-electron chi connectivity index (χ0n) is 12.9. The summed E-state index contributed by atoms with van der Waals surface area (Å²) in [6.45, 7) is 2.78. The molecule has 1 aliphatic carbocycles. The van der Waals surface area contributed by atoms with Crippen LogP contribution in [0.2, 0.25) is 5.02 Å². The predicted molar refractivity (Wildman–Crippen MR) is 95.6 cm³/mol. The van der Waals surface area contributed by atoms with Crippen molar-refractivity contribution in [1.29, 1.82) is 0 Å². The molecule has 23 heavy (non-hydrogen) atoms. The van der Waals surface area contributed by atoms with E-state index in [1.807, 2.05) is 24.3 Å². The Morgan fingerprint density at radius 1 is 1.43 bits per heavy atom. The van der Waals surface area contributed by atoms with E-state index >= 15 is 0 Å². The van der Waals surface area contributed by atoms with Crippen LogP contribution in [0.25, 0.3) is 10.2 Å². The molecule has 0 bridgehead atoms. The third kappa shape index (κ3) is 2.70. The Morgan fingerprint density at radius 2 is 2.30 bits per heavy atom. The highest BCUT2D eigenvalue weighted by Crippen LogP contribution is 2.35. The number of hydrogen-bond acceptors (Lipinski definition) is 3. The molecule has 2 aromatic heterocycles. The molecule has 0 fully saturated rings. The van der Waals surface area contributed by atoms with Gasteiger partial charge in [-0.05, 0) is 48.4 Å². The Balaban J connectivity index is 1.80. The van der Waals surface area contributed by atoms with Gasteiger partial charge in [0.05, 0.1) is 18.3 Å². The highest BCUT2D eigenvalue weighted by atomic mass is 35.5. The van der Waals surface area contributed by atoms with E-state index in [-0.39, 0.29) is 5.56 Å². The van der Waals surface area contributed by atoms with E-state index in [0.717, 1.165) is 35.0 Å². The molecule has 1 atom stereocenters. The van der Waals surface area contributed by atoms with Crippen LogP contribution in [-0.4, -0.2) is 9.55 Å². The molecule has 1 aliphatic rings. The number of aryl methyl sites for hydroxylation is 1. The summed E-state index contributed by atoms with van der Waals surface area (Å²) in [5.41, 5.74) is 2.32. The van der Waals surface area contributed by atoms with Crippen molar-refractivity contribution < 1.29 is 0 Å². The minimum atomic E-state index is 0.0713. The highest BCUT2D eigenvalue weighted by Gasteiger charge is 2.23. The van der Waals surface area contributed by atoms with Gasteiger partial charge in [-0.15, -0.1) is 11.3 Å². The van der Waals surface area contributed by atoms with Crippen molar-refractivity contribution in [2.75, 3.05) is 0 Å². The van der Waals surface area contributed by atoms with Gasteiger partial charge in [0.15, 0.2) is 0 Å². The van der Waals surface area contributed by atoms with Crippen LogP contribution in [0, 0.1) is 5.92 Å². The average molecular weight is 345 g/mol. The van der Waals surface area contributed by atoms with Crippen molar-refractivity contribution >= 4 is 33.2 Å². The van der Waals surface area contributed by atoms with Crippen molar-refractivity contribution in [1.82, 2.24) is 9.55 Å². The Hall–Kier alpha value is -1.65. The fourth-order valence-corrected chi connectivity index (χ4v) is 4.86. The third-order valence-corrected chi connectivity index (χ3v) is 5.92. The van der Waals surface area contributed by atoms with Gasteiger partial charge in [-0.2, -0.15) is 0 Å². The minimum Gasteiger partial charge on any atom is -0.294 e. The van der Waals surface area contributed by atoms with Crippen molar-refractivity contribution in [3.63, 3.8) is 0 Å². The number of thiophene rings is 1. The second-order valence-corrected chi connectivity index (χ2v) is 7.86. The van der Waals surface area contributed by atoms with Gasteiger partial charge in [0.2, 0.25) is 0 Å². The van der Waals surface area contributed by atoms with Crippen molar-refractivity contribution in [2.24, 2.45) is 5.92 Å². The second-order valence-electron chi connectivity index (χ2n) is 6.34. The number of halogens is 1. The fourth-order valence-electron chi connectivity index (χ4n) is 3.31. The second kappa shape index (κ2) is 5.77. The summed E-state index contributed by atoms with van der Waals surface area (Å²) in [6, 6.07) is 7.62. The summed E-state index contributed by atoms with van der Waals surface area (Å²) in [6.07, 6.45) is 4.89. The number of nitrogens with zero attached hydrogens (tertiary/aromatic N) is 2. The Bertz CT molecular complexity index is 944. The standard InChI is InChI=1S/C18H17ClN2OS/c1-11-5-6-14-15(7-11)23-17-16(14)18(22)21(10-20-17)9-12-3-2-4-13(19)8-12/h2-4,8,10-11H,5-7,9H2,1H3/t11-/m0/s1. The lowest BCUT2D eigenvalue weighted by molar-refractivity contribution is 0.509. The fraction of sp³-hybridized carbons (Fsp3) is 0.333. The van der Waals surface area contributed by atoms with Crippen LogP contribution in [-0.2, 0) is 19.4 Å². The maximum absolute atomic E-state index is 12.9. The highest BCUT2D eigenvalue weighted by molar-refractivity contribution is 7.18. The maximum atomic E-state index is 12.9. The van der Waals surface area contributed by atoms with Crippen molar-refractivity contribution in [3.8, 4) is 0 Å². The molecular formula is C18H17ClN2OS. The molecule has 0 saturated carbocycles. The van der Waals surface area contributed by atoms with Gasteiger partial charge in [0.1, 0.15) is 4.83 Å². The molecule has 0 saturated heterocycles. The van der Waals surface area contributed by atoms with Crippen LogP contribution in [0.15, 0.2) is 35.4 Å². The monoisotopic (exact) mass is 344 g/mol. The normalized spacial score (nSPS) is 17.4. The van der Waals surface area contributed by atoms with Crippen LogP contribution in [0.4, 0.5) is 0 Å². The maximum Gasteiger partial charge on any atom is 0.262 e. The van der Waals surface area contributed by atoms with Gasteiger partial charge >= 0.3 is 0 Å². The summed E-state index contributed by atoms with van der Waals surface area (Å²) in [4.78, 5) is 19.7. The number of rotatable bonds is 2. The summed E-state index contributed by atoms with van der Waals surface area (Å²) in [5, 5.41) is 1.52. The van der Waals surface area contributed by atoms with Crippen molar-refractivity contribution in [3.05, 3.63) is 62.0 Å². The van der Waals surface area contributed by atoms with E-state index in [4.69, 9.17) is 11.6 Å². The third-order valence-electron chi connectivity index (χ3n) is 4.52. The number of hydrogen-bond donors (Lipinski definition) is 0. The topological polar surface area (TPSA) is 34.9 Å². The molecule has 2 heterocycles. The van der Waals surface area contributed by atoms with Gasteiger partial charge < -0.3 is 0 Å². The SMILES string of the molecule is C[C@H]1CCc2c(sc3ncn(Cc4cccc(Cl)c4)c(=O)c23)C1. The van der Waals surface area contributed by atoms with Crippen LogP contribution < -0.4 is 5.56 Å². The lowest BCUT2D eigenvalue weighted by Gasteiger charge is -2.17. The van der Waals surface area contributed by atoms with E-state index in [1.165, 1.54) is 10.4 Å².